The average Bonchev–Trinajstić information content (AvgIpc) is 3.12. The Bertz CT molecular complexity index is 1040. The maximum atomic E-state index is 5.50. The fourth-order valence-corrected chi connectivity index (χ4v) is 2.91. The molecule has 6 heteroatoms. The van der Waals surface area contributed by atoms with E-state index in [4.69, 9.17) is 9.47 Å². The van der Waals surface area contributed by atoms with E-state index < -0.39 is 0 Å². The van der Waals surface area contributed by atoms with Gasteiger partial charge in [0.15, 0.2) is 5.65 Å². The van der Waals surface area contributed by atoms with Crippen LogP contribution in [-0.4, -0.2) is 34.4 Å². The first-order valence-electron chi connectivity index (χ1n) is 7.77. The van der Waals surface area contributed by atoms with Crippen LogP contribution in [0.25, 0.3) is 33.4 Å². The molecule has 1 aromatic carbocycles. The van der Waals surface area contributed by atoms with Crippen molar-refractivity contribution in [1.29, 1.82) is 0 Å². The highest BCUT2D eigenvalue weighted by atomic mass is 16.5. The fourth-order valence-electron chi connectivity index (χ4n) is 2.91. The van der Waals surface area contributed by atoms with Gasteiger partial charge in [0.1, 0.15) is 11.5 Å². The van der Waals surface area contributed by atoms with E-state index in [-0.39, 0.29) is 0 Å². The second kappa shape index (κ2) is 6.24. The molecule has 0 fully saturated rings. The van der Waals surface area contributed by atoms with Crippen molar-refractivity contribution in [2.75, 3.05) is 14.2 Å². The van der Waals surface area contributed by atoms with E-state index in [1.54, 1.807) is 32.8 Å². The van der Waals surface area contributed by atoms with Crippen LogP contribution in [0.1, 0.15) is 0 Å². The van der Waals surface area contributed by atoms with Crippen LogP contribution in [0, 0.1) is 0 Å². The molecule has 0 aliphatic carbocycles. The Morgan fingerprint density at radius 1 is 0.960 bits per heavy atom. The van der Waals surface area contributed by atoms with Gasteiger partial charge in [-0.2, -0.15) is 5.10 Å². The summed E-state index contributed by atoms with van der Waals surface area (Å²) >= 11 is 0. The molecule has 0 aliphatic rings. The first kappa shape index (κ1) is 15.1. The Hall–Kier alpha value is -3.41. The number of pyridine rings is 2. The molecule has 0 saturated heterocycles. The van der Waals surface area contributed by atoms with Crippen molar-refractivity contribution in [3.63, 3.8) is 0 Å². The van der Waals surface area contributed by atoms with Crippen LogP contribution in [0.2, 0.25) is 0 Å². The van der Waals surface area contributed by atoms with Gasteiger partial charge in [0.05, 0.1) is 31.5 Å². The number of rotatable bonds is 4. The van der Waals surface area contributed by atoms with E-state index in [0.29, 0.717) is 11.4 Å². The van der Waals surface area contributed by atoms with Crippen LogP contribution in [0.5, 0.6) is 11.5 Å². The normalized spacial score (nSPS) is 10.8. The molecule has 4 aromatic rings. The molecule has 3 aromatic heterocycles. The number of nitrogens with zero attached hydrogens (tertiary/aromatic N) is 3. The van der Waals surface area contributed by atoms with E-state index in [0.717, 1.165) is 33.5 Å². The Morgan fingerprint density at radius 2 is 1.84 bits per heavy atom. The summed E-state index contributed by atoms with van der Waals surface area (Å²) in [5.41, 5.74) is 4.34. The molecule has 0 bridgehead atoms. The monoisotopic (exact) mass is 332 g/mol. The standard InChI is InChI=1S/C19H16N4O2/c1-24-13-9-12(10-20-11-13)14-7-8-21-19-17(14)18(22-23-19)15-5-3-4-6-16(15)25-2/h3-11H,1-2H3,(H,21,22,23). The Labute approximate surface area is 144 Å². The second-order valence-electron chi connectivity index (χ2n) is 5.47. The topological polar surface area (TPSA) is 72.9 Å². The molecule has 25 heavy (non-hydrogen) atoms. The summed E-state index contributed by atoms with van der Waals surface area (Å²) in [6.45, 7) is 0. The maximum Gasteiger partial charge on any atom is 0.182 e. The zero-order valence-electron chi connectivity index (χ0n) is 13.9. The zero-order chi connectivity index (χ0) is 17.2. The first-order valence-corrected chi connectivity index (χ1v) is 7.77. The third-order valence-corrected chi connectivity index (χ3v) is 4.09. The van der Waals surface area contributed by atoms with Gasteiger partial charge in [0.25, 0.3) is 0 Å². The predicted octanol–water partition coefficient (Wildman–Crippen LogP) is 3.70. The predicted molar refractivity (Wildman–Crippen MR) is 95.7 cm³/mol. The number of fused-ring (bicyclic) bond motifs is 1. The number of aromatic nitrogens is 4. The van der Waals surface area contributed by atoms with Gasteiger partial charge >= 0.3 is 0 Å². The third kappa shape index (κ3) is 2.57. The summed E-state index contributed by atoms with van der Waals surface area (Å²) < 4.78 is 10.8. The van der Waals surface area contributed by atoms with Gasteiger partial charge in [-0.15, -0.1) is 0 Å². The van der Waals surface area contributed by atoms with Crippen LogP contribution in [0.3, 0.4) is 0 Å². The van der Waals surface area contributed by atoms with Crippen LogP contribution >= 0.6 is 0 Å². The Balaban J connectivity index is 1.99. The molecule has 124 valence electrons. The summed E-state index contributed by atoms with van der Waals surface area (Å²) in [4.78, 5) is 8.64. The Kier molecular flexibility index (Phi) is 3.78. The minimum absolute atomic E-state index is 0.640. The van der Waals surface area contributed by atoms with E-state index in [1.807, 2.05) is 36.4 Å². The summed E-state index contributed by atoms with van der Waals surface area (Å²) in [5.74, 6) is 1.47. The van der Waals surface area contributed by atoms with Gasteiger partial charge in [-0.3, -0.25) is 10.1 Å². The number of benzene rings is 1. The molecule has 0 amide bonds. The lowest BCUT2D eigenvalue weighted by Gasteiger charge is -2.09. The highest BCUT2D eigenvalue weighted by Crippen LogP contribution is 2.37. The van der Waals surface area contributed by atoms with E-state index in [1.165, 1.54) is 0 Å². The van der Waals surface area contributed by atoms with Gasteiger partial charge < -0.3 is 9.47 Å². The molecule has 4 rings (SSSR count). The molecule has 0 saturated carbocycles. The van der Waals surface area contributed by atoms with Crippen LogP contribution < -0.4 is 9.47 Å². The summed E-state index contributed by atoms with van der Waals surface area (Å²) in [5, 5.41) is 8.37. The van der Waals surface area contributed by atoms with Gasteiger partial charge in [0.2, 0.25) is 0 Å². The first-order chi connectivity index (χ1) is 12.3. The minimum atomic E-state index is 0.640. The largest absolute Gasteiger partial charge is 0.496 e. The van der Waals surface area contributed by atoms with Crippen LogP contribution in [-0.2, 0) is 0 Å². The van der Waals surface area contributed by atoms with Crippen LogP contribution in [0.4, 0.5) is 0 Å². The van der Waals surface area contributed by atoms with Gasteiger partial charge in [-0.1, -0.05) is 12.1 Å². The average molecular weight is 332 g/mol. The van der Waals surface area contributed by atoms with Crippen molar-refractivity contribution in [3.05, 3.63) is 55.0 Å². The van der Waals surface area contributed by atoms with Crippen molar-refractivity contribution >= 4 is 11.0 Å². The molecule has 3 heterocycles. The minimum Gasteiger partial charge on any atom is -0.496 e. The number of para-hydroxylation sites is 1. The summed E-state index contributed by atoms with van der Waals surface area (Å²) in [6.07, 6.45) is 5.22. The molecule has 0 spiro atoms. The van der Waals surface area contributed by atoms with Crippen molar-refractivity contribution in [1.82, 2.24) is 20.2 Å². The number of nitrogens with one attached hydrogen (secondary N) is 1. The molecule has 0 unspecified atom stereocenters. The van der Waals surface area contributed by atoms with Crippen molar-refractivity contribution in [2.24, 2.45) is 0 Å². The van der Waals surface area contributed by atoms with E-state index in [2.05, 4.69) is 20.2 Å². The molecular weight excluding hydrogens is 316 g/mol. The van der Waals surface area contributed by atoms with Gasteiger partial charge in [-0.05, 0) is 29.8 Å². The SMILES string of the molecule is COc1cncc(-c2ccnc3n[nH]c(-c4ccccc4OC)c23)c1. The van der Waals surface area contributed by atoms with Gasteiger partial charge in [-0.25, -0.2) is 4.98 Å². The highest BCUT2D eigenvalue weighted by molar-refractivity contribution is 6.02. The number of methoxy groups -OCH3 is 2. The molecule has 0 radical (unpaired) electrons. The zero-order valence-corrected chi connectivity index (χ0v) is 13.9. The fraction of sp³-hybridized carbons (Fsp3) is 0.105. The third-order valence-electron chi connectivity index (χ3n) is 4.09. The molecule has 0 atom stereocenters. The maximum absolute atomic E-state index is 5.50. The summed E-state index contributed by atoms with van der Waals surface area (Å²) in [6, 6.07) is 11.7. The Morgan fingerprint density at radius 3 is 2.68 bits per heavy atom. The lowest BCUT2D eigenvalue weighted by molar-refractivity contribution is 0.413. The number of ether oxygens (including phenoxy) is 2. The quantitative estimate of drug-likeness (QED) is 0.617. The summed E-state index contributed by atoms with van der Waals surface area (Å²) in [7, 11) is 3.28. The van der Waals surface area contributed by atoms with Crippen molar-refractivity contribution in [2.45, 2.75) is 0 Å². The van der Waals surface area contributed by atoms with Crippen LogP contribution in [0.15, 0.2) is 55.0 Å². The van der Waals surface area contributed by atoms with E-state index in [9.17, 15) is 0 Å². The smallest absolute Gasteiger partial charge is 0.182 e. The molecular formula is C19H16N4O2. The second-order valence-corrected chi connectivity index (χ2v) is 5.47. The number of hydrogen-bond acceptors (Lipinski definition) is 5. The molecule has 6 nitrogen and oxygen atoms in total. The number of H-pyrrole nitrogens is 1. The van der Waals surface area contributed by atoms with E-state index >= 15 is 0 Å². The molecule has 1 N–H and O–H groups in total. The lowest BCUT2D eigenvalue weighted by atomic mass is 10.0. The van der Waals surface area contributed by atoms with Gasteiger partial charge in [0, 0.05) is 23.5 Å². The molecule has 0 aliphatic heterocycles. The highest BCUT2D eigenvalue weighted by Gasteiger charge is 2.17. The number of hydrogen-bond donors (Lipinski definition) is 1. The number of aromatic amines is 1. The van der Waals surface area contributed by atoms with Crippen molar-refractivity contribution in [3.8, 4) is 33.9 Å². The van der Waals surface area contributed by atoms with Crippen molar-refractivity contribution < 1.29 is 9.47 Å². The lowest BCUT2D eigenvalue weighted by Crippen LogP contribution is -1.90.